The predicted octanol–water partition coefficient (Wildman–Crippen LogP) is 5.21. The molecular weight excluding hydrogens is 352 g/mol. The Hall–Kier alpha value is -3.53. The second kappa shape index (κ2) is 5.99. The molecule has 3 aromatic rings. The van der Waals surface area contributed by atoms with Gasteiger partial charge in [-0.2, -0.15) is 0 Å². The minimum Gasteiger partial charge on any atom is -0.512 e. The number of benzene rings is 3. The molecule has 3 aromatic carbocycles. The van der Waals surface area contributed by atoms with Crippen LogP contribution in [0.5, 0.6) is 11.5 Å². The van der Waals surface area contributed by atoms with E-state index in [2.05, 4.69) is 0 Å². The van der Waals surface area contributed by atoms with E-state index in [0.29, 0.717) is 11.5 Å². The normalized spacial score (nSPS) is 20.8. The summed E-state index contributed by atoms with van der Waals surface area (Å²) in [6.45, 7) is 1.53. The van der Waals surface area contributed by atoms with Crippen molar-refractivity contribution in [3.63, 3.8) is 0 Å². The third-order valence-corrected chi connectivity index (χ3v) is 5.49. The number of hydrogen-bond acceptors (Lipinski definition) is 4. The van der Waals surface area contributed by atoms with Gasteiger partial charge in [0.2, 0.25) is 0 Å². The van der Waals surface area contributed by atoms with Gasteiger partial charge in [0.25, 0.3) is 0 Å². The molecule has 1 N–H and O–H groups in total. The maximum absolute atomic E-state index is 13.0. The molecule has 0 aliphatic carbocycles. The largest absolute Gasteiger partial charge is 0.512 e. The standard InChI is InChI=1S/C24H18O4/c1-15(25)21-22(16-9-3-2-4-10-16)24(28-23(21)26)17-11-5-7-13-19(17)27-20-14-8-6-12-18(20)24/h2-14,22,25H,1H3/b21-15-. The molecule has 0 saturated carbocycles. The molecule has 0 amide bonds. The van der Waals surface area contributed by atoms with Crippen molar-refractivity contribution in [2.75, 3.05) is 0 Å². The van der Waals surface area contributed by atoms with Gasteiger partial charge in [0.05, 0.1) is 11.5 Å². The maximum Gasteiger partial charge on any atom is 0.339 e. The number of allylic oxidation sites excluding steroid dienone is 1. The Kier molecular flexibility index (Phi) is 3.56. The summed E-state index contributed by atoms with van der Waals surface area (Å²) in [5.74, 6) is 0.244. The fourth-order valence-electron chi connectivity index (χ4n) is 4.39. The van der Waals surface area contributed by atoms with Crippen molar-refractivity contribution in [1.82, 2.24) is 0 Å². The third-order valence-electron chi connectivity index (χ3n) is 5.49. The Morgan fingerprint density at radius 3 is 1.96 bits per heavy atom. The summed E-state index contributed by atoms with van der Waals surface area (Å²) in [5.41, 5.74) is 1.60. The Morgan fingerprint density at radius 2 is 1.39 bits per heavy atom. The van der Waals surface area contributed by atoms with Crippen molar-refractivity contribution >= 4 is 5.97 Å². The first kappa shape index (κ1) is 16.6. The maximum atomic E-state index is 13.0. The summed E-state index contributed by atoms with van der Waals surface area (Å²) in [6, 6.07) is 24.9. The number of ether oxygens (including phenoxy) is 2. The van der Waals surface area contributed by atoms with Crippen LogP contribution in [0.25, 0.3) is 0 Å². The highest BCUT2D eigenvalue weighted by Crippen LogP contribution is 2.61. The van der Waals surface area contributed by atoms with E-state index < -0.39 is 17.5 Å². The molecule has 1 saturated heterocycles. The first-order valence-corrected chi connectivity index (χ1v) is 9.18. The predicted molar refractivity (Wildman–Crippen MR) is 104 cm³/mol. The molecule has 1 atom stereocenters. The van der Waals surface area contributed by atoms with E-state index in [-0.39, 0.29) is 11.3 Å². The molecule has 1 spiro atoms. The summed E-state index contributed by atoms with van der Waals surface area (Å²) >= 11 is 0. The number of para-hydroxylation sites is 2. The van der Waals surface area contributed by atoms with Crippen LogP contribution in [0.1, 0.15) is 29.5 Å². The number of carbonyl (C=O) groups excluding carboxylic acids is 1. The van der Waals surface area contributed by atoms with Gasteiger partial charge in [-0.3, -0.25) is 0 Å². The molecule has 2 aliphatic heterocycles. The molecule has 4 heteroatoms. The van der Waals surface area contributed by atoms with E-state index in [1.807, 2.05) is 78.9 Å². The van der Waals surface area contributed by atoms with E-state index in [1.165, 1.54) is 6.92 Å². The van der Waals surface area contributed by atoms with Crippen molar-refractivity contribution in [1.29, 1.82) is 0 Å². The van der Waals surface area contributed by atoms with Gasteiger partial charge in [0.1, 0.15) is 17.3 Å². The zero-order chi connectivity index (χ0) is 19.3. The van der Waals surface area contributed by atoms with E-state index >= 15 is 0 Å². The van der Waals surface area contributed by atoms with Gasteiger partial charge in [0, 0.05) is 11.1 Å². The van der Waals surface area contributed by atoms with Crippen LogP contribution in [0.2, 0.25) is 0 Å². The van der Waals surface area contributed by atoms with Crippen LogP contribution in [-0.2, 0) is 15.1 Å². The number of carbonyl (C=O) groups is 1. The van der Waals surface area contributed by atoms with Crippen molar-refractivity contribution < 1.29 is 19.4 Å². The second-order valence-corrected chi connectivity index (χ2v) is 7.06. The highest BCUT2D eigenvalue weighted by atomic mass is 16.6. The minimum absolute atomic E-state index is 0.0304. The summed E-state index contributed by atoms with van der Waals surface area (Å²) in [6.07, 6.45) is 0. The third kappa shape index (κ3) is 2.15. The molecule has 2 aliphatic rings. The number of esters is 1. The Bertz CT molecular complexity index is 1060. The molecule has 28 heavy (non-hydrogen) atoms. The molecule has 4 nitrogen and oxygen atoms in total. The molecule has 0 radical (unpaired) electrons. The van der Waals surface area contributed by atoms with Gasteiger partial charge in [-0.15, -0.1) is 0 Å². The van der Waals surface area contributed by atoms with Gasteiger partial charge in [-0.25, -0.2) is 4.79 Å². The summed E-state index contributed by atoms with van der Waals surface area (Å²) in [7, 11) is 0. The molecule has 5 rings (SSSR count). The van der Waals surface area contributed by atoms with Crippen LogP contribution < -0.4 is 4.74 Å². The van der Waals surface area contributed by atoms with Crippen molar-refractivity contribution in [2.45, 2.75) is 18.4 Å². The van der Waals surface area contributed by atoms with Crippen molar-refractivity contribution in [3.8, 4) is 11.5 Å². The molecule has 1 unspecified atom stereocenters. The molecule has 1 fully saturated rings. The topological polar surface area (TPSA) is 55.8 Å². The number of fused-ring (bicyclic) bond motifs is 4. The monoisotopic (exact) mass is 370 g/mol. The zero-order valence-electron chi connectivity index (χ0n) is 15.3. The average molecular weight is 370 g/mol. The number of aliphatic hydroxyl groups excluding tert-OH is 1. The fourth-order valence-corrected chi connectivity index (χ4v) is 4.39. The van der Waals surface area contributed by atoms with E-state index in [1.54, 1.807) is 0 Å². The van der Waals surface area contributed by atoms with Crippen LogP contribution in [-0.4, -0.2) is 11.1 Å². The highest BCUT2D eigenvalue weighted by molar-refractivity contribution is 5.95. The Balaban J connectivity index is 1.90. The molecule has 138 valence electrons. The van der Waals surface area contributed by atoms with Gasteiger partial charge in [0.15, 0.2) is 5.60 Å². The van der Waals surface area contributed by atoms with E-state index in [4.69, 9.17) is 9.47 Å². The average Bonchev–Trinajstić information content (AvgIpc) is 3.03. The van der Waals surface area contributed by atoms with Crippen LogP contribution in [0.15, 0.2) is 90.2 Å². The minimum atomic E-state index is -1.11. The van der Waals surface area contributed by atoms with E-state index in [9.17, 15) is 9.90 Å². The first-order valence-electron chi connectivity index (χ1n) is 9.18. The van der Waals surface area contributed by atoms with Gasteiger partial charge in [-0.05, 0) is 24.6 Å². The van der Waals surface area contributed by atoms with Gasteiger partial charge in [-0.1, -0.05) is 66.7 Å². The Morgan fingerprint density at radius 1 is 0.857 bits per heavy atom. The lowest BCUT2D eigenvalue weighted by Gasteiger charge is -2.39. The molecular formula is C24H18O4. The SMILES string of the molecule is C/C(O)=C1/C(=O)OC2(c3ccccc3Oc3ccccc32)C1c1ccccc1. The zero-order valence-corrected chi connectivity index (χ0v) is 15.3. The van der Waals surface area contributed by atoms with Crippen LogP contribution in [0.3, 0.4) is 0 Å². The van der Waals surface area contributed by atoms with Gasteiger partial charge < -0.3 is 14.6 Å². The van der Waals surface area contributed by atoms with Crippen LogP contribution in [0.4, 0.5) is 0 Å². The lowest BCUT2D eigenvalue weighted by molar-refractivity contribution is -0.145. The molecule has 2 heterocycles. The first-order chi connectivity index (χ1) is 13.6. The summed E-state index contributed by atoms with van der Waals surface area (Å²) in [4.78, 5) is 13.0. The quantitative estimate of drug-likeness (QED) is 0.363. The van der Waals surface area contributed by atoms with E-state index in [0.717, 1.165) is 16.7 Å². The number of aliphatic hydroxyl groups is 1. The molecule has 0 bridgehead atoms. The van der Waals surface area contributed by atoms with Crippen LogP contribution in [0, 0.1) is 0 Å². The lowest BCUT2D eigenvalue weighted by atomic mass is 9.70. The van der Waals surface area contributed by atoms with Crippen molar-refractivity contribution in [2.24, 2.45) is 0 Å². The second-order valence-electron chi connectivity index (χ2n) is 7.06. The highest BCUT2D eigenvalue weighted by Gasteiger charge is 2.60. The summed E-state index contributed by atoms with van der Waals surface area (Å²) < 4.78 is 12.3. The lowest BCUT2D eigenvalue weighted by Crippen LogP contribution is -2.36. The number of rotatable bonds is 1. The molecule has 0 aromatic heterocycles. The smallest absolute Gasteiger partial charge is 0.339 e. The van der Waals surface area contributed by atoms with Crippen molar-refractivity contribution in [3.05, 3.63) is 107 Å². The van der Waals surface area contributed by atoms with Gasteiger partial charge >= 0.3 is 5.97 Å². The van der Waals surface area contributed by atoms with Crippen LogP contribution >= 0.6 is 0 Å². The number of hydrogen-bond donors (Lipinski definition) is 1. The fraction of sp³-hybridized carbons (Fsp3) is 0.125. The Labute approximate surface area is 162 Å². The summed E-state index contributed by atoms with van der Waals surface area (Å²) in [5, 5.41) is 10.4.